The first-order valence-corrected chi connectivity index (χ1v) is 10.3. The quantitative estimate of drug-likeness (QED) is 0.273. The van der Waals surface area contributed by atoms with Crippen LogP contribution in [0.2, 0.25) is 0 Å². The summed E-state index contributed by atoms with van der Waals surface area (Å²) in [4.78, 5) is 10.5. The fourth-order valence-corrected chi connectivity index (χ4v) is 3.55. The Bertz CT molecular complexity index is 1030. The van der Waals surface area contributed by atoms with Crippen molar-refractivity contribution in [1.29, 1.82) is 0 Å². The summed E-state index contributed by atoms with van der Waals surface area (Å²) in [5.74, 6) is 1.06. The molecule has 3 heteroatoms. The summed E-state index contributed by atoms with van der Waals surface area (Å²) >= 11 is 0. The second-order valence-electron chi connectivity index (χ2n) is 7.28. The Morgan fingerprint density at radius 3 is 2.59 bits per heavy atom. The number of aromatic nitrogens is 1. The Labute approximate surface area is 173 Å². The lowest BCUT2D eigenvalue weighted by atomic mass is 10.1. The normalized spacial score (nSPS) is 10.6. The highest BCUT2D eigenvalue weighted by molar-refractivity contribution is 5.84. The number of benzene rings is 2. The van der Waals surface area contributed by atoms with E-state index in [4.69, 9.17) is 4.42 Å². The van der Waals surface area contributed by atoms with E-state index in [1.54, 1.807) is 6.26 Å². The molecule has 29 heavy (non-hydrogen) atoms. The van der Waals surface area contributed by atoms with Gasteiger partial charge in [0.15, 0.2) is 0 Å². The fourth-order valence-electron chi connectivity index (χ4n) is 3.55. The second-order valence-corrected chi connectivity index (χ2v) is 7.28. The van der Waals surface area contributed by atoms with Gasteiger partial charge in [0, 0.05) is 36.5 Å². The molecule has 0 amide bonds. The standard InChI is InChI=1S/C20H21NO.C6H8O/c1-16-7-6-8-17(13-16)14-21-15-18(9-4-5-12-22)19-10-2-3-11-20(19)21;1-2-6-4-3-5-7-6/h2-3,6-8,10-13,15H,4-5,9,14H2,1H3;3-5H,2H2,1H3. The Hall–Kier alpha value is -3.07. The predicted molar refractivity (Wildman–Crippen MR) is 119 cm³/mol. The van der Waals surface area contributed by atoms with Gasteiger partial charge in [0.2, 0.25) is 0 Å². The zero-order valence-corrected chi connectivity index (χ0v) is 17.3. The molecule has 0 aliphatic heterocycles. The van der Waals surface area contributed by atoms with Crippen LogP contribution in [0.5, 0.6) is 0 Å². The van der Waals surface area contributed by atoms with Crippen LogP contribution in [0.15, 0.2) is 77.5 Å². The third kappa shape index (κ3) is 5.71. The summed E-state index contributed by atoms with van der Waals surface area (Å²) in [7, 11) is 0. The first kappa shape index (κ1) is 20.7. The van der Waals surface area contributed by atoms with Gasteiger partial charge in [-0.15, -0.1) is 0 Å². The minimum absolute atomic E-state index is 0.636. The number of carbonyl (C=O) groups excluding carboxylic acids is 1. The molecule has 0 spiro atoms. The van der Waals surface area contributed by atoms with Crippen molar-refractivity contribution in [1.82, 2.24) is 4.57 Å². The van der Waals surface area contributed by atoms with Crippen LogP contribution in [0.1, 0.15) is 42.2 Å². The fraction of sp³-hybridized carbons (Fsp3) is 0.269. The molecule has 0 unspecified atom stereocenters. The maximum atomic E-state index is 10.5. The van der Waals surface area contributed by atoms with Crippen LogP contribution in [0.4, 0.5) is 0 Å². The molecule has 3 nitrogen and oxygen atoms in total. The highest BCUT2D eigenvalue weighted by Crippen LogP contribution is 2.24. The van der Waals surface area contributed by atoms with Gasteiger partial charge in [-0.3, -0.25) is 0 Å². The molecule has 0 atom stereocenters. The van der Waals surface area contributed by atoms with Crippen molar-refractivity contribution in [2.24, 2.45) is 0 Å². The number of unbranched alkanes of at least 4 members (excludes halogenated alkanes) is 1. The van der Waals surface area contributed by atoms with Gasteiger partial charge in [-0.1, -0.05) is 55.0 Å². The van der Waals surface area contributed by atoms with Crippen molar-refractivity contribution in [3.8, 4) is 0 Å². The third-order valence-corrected chi connectivity index (χ3v) is 5.00. The van der Waals surface area contributed by atoms with Gasteiger partial charge in [-0.25, -0.2) is 0 Å². The Balaban J connectivity index is 0.000000290. The minimum atomic E-state index is 0.636. The van der Waals surface area contributed by atoms with Crippen molar-refractivity contribution < 1.29 is 9.21 Å². The summed E-state index contributed by atoms with van der Waals surface area (Å²) in [5, 5.41) is 1.31. The number of carbonyl (C=O) groups is 1. The van der Waals surface area contributed by atoms with E-state index in [2.05, 4.69) is 73.1 Å². The number of rotatable bonds is 7. The molecule has 4 rings (SSSR count). The van der Waals surface area contributed by atoms with Crippen LogP contribution in [-0.2, 0) is 24.2 Å². The number of aryl methyl sites for hydroxylation is 3. The summed E-state index contributed by atoms with van der Waals surface area (Å²) in [6.45, 7) is 5.08. The van der Waals surface area contributed by atoms with Crippen molar-refractivity contribution in [3.63, 3.8) is 0 Å². The van der Waals surface area contributed by atoms with E-state index in [-0.39, 0.29) is 0 Å². The summed E-state index contributed by atoms with van der Waals surface area (Å²) in [5.41, 5.74) is 5.22. The van der Waals surface area contributed by atoms with Crippen LogP contribution in [0.25, 0.3) is 10.9 Å². The molecular weight excluding hydrogens is 358 g/mol. The number of furan rings is 1. The number of hydrogen-bond donors (Lipinski definition) is 0. The number of para-hydroxylation sites is 1. The lowest BCUT2D eigenvalue weighted by Crippen LogP contribution is -1.98. The average Bonchev–Trinajstić information content (AvgIpc) is 3.38. The van der Waals surface area contributed by atoms with Crippen LogP contribution in [0.3, 0.4) is 0 Å². The van der Waals surface area contributed by atoms with Crippen LogP contribution < -0.4 is 0 Å². The molecule has 150 valence electrons. The monoisotopic (exact) mass is 387 g/mol. The molecule has 2 heterocycles. The van der Waals surface area contributed by atoms with E-state index in [0.717, 1.165) is 37.9 Å². The van der Waals surface area contributed by atoms with Crippen LogP contribution in [-0.4, -0.2) is 10.9 Å². The van der Waals surface area contributed by atoms with Crippen molar-refractivity contribution in [2.45, 2.75) is 46.1 Å². The lowest BCUT2D eigenvalue weighted by Gasteiger charge is -2.06. The van der Waals surface area contributed by atoms with E-state index < -0.39 is 0 Å². The zero-order chi connectivity index (χ0) is 20.5. The smallest absolute Gasteiger partial charge is 0.120 e. The molecule has 2 aromatic carbocycles. The molecule has 0 radical (unpaired) electrons. The topological polar surface area (TPSA) is 35.1 Å². The molecule has 4 aromatic rings. The van der Waals surface area contributed by atoms with E-state index in [1.807, 2.05) is 12.1 Å². The second kappa shape index (κ2) is 10.5. The van der Waals surface area contributed by atoms with Gasteiger partial charge in [0.1, 0.15) is 12.0 Å². The van der Waals surface area contributed by atoms with Gasteiger partial charge >= 0.3 is 0 Å². The SMILES string of the molecule is CCc1ccco1.Cc1cccc(Cn2cc(CCCC=O)c3ccccc32)c1. The maximum Gasteiger partial charge on any atom is 0.120 e. The molecule has 0 bridgehead atoms. The summed E-state index contributed by atoms with van der Waals surface area (Å²) in [6.07, 6.45) is 8.45. The summed E-state index contributed by atoms with van der Waals surface area (Å²) in [6, 6.07) is 21.1. The molecule has 0 saturated heterocycles. The highest BCUT2D eigenvalue weighted by Gasteiger charge is 2.08. The number of fused-ring (bicyclic) bond motifs is 1. The zero-order valence-electron chi connectivity index (χ0n) is 17.3. The van der Waals surface area contributed by atoms with Crippen molar-refractivity contribution in [2.75, 3.05) is 0 Å². The van der Waals surface area contributed by atoms with E-state index in [9.17, 15) is 4.79 Å². The Morgan fingerprint density at radius 2 is 1.90 bits per heavy atom. The van der Waals surface area contributed by atoms with Gasteiger partial charge in [0.25, 0.3) is 0 Å². The molecular formula is C26H29NO2. The first-order valence-electron chi connectivity index (χ1n) is 10.3. The summed E-state index contributed by atoms with van der Waals surface area (Å²) < 4.78 is 7.30. The van der Waals surface area contributed by atoms with Crippen molar-refractivity contribution in [3.05, 3.63) is 95.6 Å². The molecule has 0 saturated carbocycles. The van der Waals surface area contributed by atoms with E-state index in [0.29, 0.717) is 6.42 Å². The minimum Gasteiger partial charge on any atom is -0.469 e. The van der Waals surface area contributed by atoms with Crippen LogP contribution in [0, 0.1) is 6.92 Å². The number of aldehydes is 1. The third-order valence-electron chi connectivity index (χ3n) is 5.00. The van der Waals surface area contributed by atoms with Gasteiger partial charge in [0.05, 0.1) is 6.26 Å². The number of nitrogens with zero attached hydrogens (tertiary/aromatic N) is 1. The maximum absolute atomic E-state index is 10.5. The molecule has 2 aromatic heterocycles. The predicted octanol–water partition coefficient (Wildman–Crippen LogP) is 6.36. The van der Waals surface area contributed by atoms with E-state index >= 15 is 0 Å². The average molecular weight is 388 g/mol. The molecule has 0 fully saturated rings. The van der Waals surface area contributed by atoms with Gasteiger partial charge in [-0.05, 0) is 49.1 Å². The lowest BCUT2D eigenvalue weighted by molar-refractivity contribution is -0.107. The van der Waals surface area contributed by atoms with E-state index in [1.165, 1.54) is 27.6 Å². The molecule has 0 aliphatic rings. The van der Waals surface area contributed by atoms with Gasteiger partial charge < -0.3 is 13.8 Å². The van der Waals surface area contributed by atoms with Crippen LogP contribution >= 0.6 is 0 Å². The highest BCUT2D eigenvalue weighted by atomic mass is 16.3. The molecule has 0 aliphatic carbocycles. The Morgan fingerprint density at radius 1 is 1.03 bits per heavy atom. The first-order chi connectivity index (χ1) is 14.2. The van der Waals surface area contributed by atoms with Gasteiger partial charge in [-0.2, -0.15) is 0 Å². The Kier molecular flexibility index (Phi) is 7.46. The largest absolute Gasteiger partial charge is 0.469 e. The molecule has 0 N–H and O–H groups in total. The van der Waals surface area contributed by atoms with Crippen molar-refractivity contribution >= 4 is 17.2 Å². The number of hydrogen-bond acceptors (Lipinski definition) is 2.